The van der Waals surface area contributed by atoms with Gasteiger partial charge in [0.15, 0.2) is 23.2 Å². The third kappa shape index (κ3) is 7.80. The second kappa shape index (κ2) is 12.4. The van der Waals surface area contributed by atoms with Crippen molar-refractivity contribution < 1.29 is 37.1 Å². The van der Waals surface area contributed by atoms with Gasteiger partial charge in [0.2, 0.25) is 11.7 Å². The molecule has 0 heterocycles. The maximum Gasteiger partial charge on any atom is 0.313 e. The average Bonchev–Trinajstić information content (AvgIpc) is 2.84. The molecule has 2 atom stereocenters. The molecule has 0 spiro atoms. The van der Waals surface area contributed by atoms with Crippen molar-refractivity contribution in [1.82, 2.24) is 10.6 Å². The van der Waals surface area contributed by atoms with E-state index >= 15 is 0 Å². The van der Waals surface area contributed by atoms with Crippen molar-refractivity contribution >= 4 is 29.2 Å². The Morgan fingerprint density at radius 2 is 1.54 bits per heavy atom. The van der Waals surface area contributed by atoms with E-state index in [0.29, 0.717) is 17.8 Å². The lowest BCUT2D eigenvalue weighted by molar-refractivity contribution is -0.138. The summed E-state index contributed by atoms with van der Waals surface area (Å²) in [6.45, 7) is 7.89. The maximum atomic E-state index is 13.7. The Balaban J connectivity index is 1.95. The van der Waals surface area contributed by atoms with Crippen molar-refractivity contribution in [1.29, 1.82) is 0 Å². The van der Waals surface area contributed by atoms with E-state index < -0.39 is 65.4 Å². The topological polar surface area (TPSA) is 114 Å². The number of amides is 3. The van der Waals surface area contributed by atoms with Gasteiger partial charge in [0.25, 0.3) is 0 Å². The van der Waals surface area contributed by atoms with Gasteiger partial charge >= 0.3 is 11.8 Å². The van der Waals surface area contributed by atoms with Crippen molar-refractivity contribution in [3.63, 3.8) is 0 Å². The number of rotatable bonds is 9. The van der Waals surface area contributed by atoms with Crippen LogP contribution >= 0.6 is 0 Å². The van der Waals surface area contributed by atoms with Gasteiger partial charge in [0.1, 0.15) is 12.6 Å². The predicted octanol–water partition coefficient (Wildman–Crippen LogP) is 3.39. The molecule has 0 bridgehead atoms. The van der Waals surface area contributed by atoms with Crippen LogP contribution in [-0.4, -0.2) is 42.2 Å². The van der Waals surface area contributed by atoms with Gasteiger partial charge < -0.3 is 20.7 Å². The molecule has 0 saturated carbocycles. The number of halogens is 3. The van der Waals surface area contributed by atoms with Crippen molar-refractivity contribution in [2.75, 3.05) is 11.9 Å². The molecule has 0 aliphatic carbocycles. The highest BCUT2D eigenvalue weighted by atomic mass is 19.2. The van der Waals surface area contributed by atoms with E-state index in [2.05, 4.69) is 16.0 Å². The number of ether oxygens (including phenoxy) is 1. The van der Waals surface area contributed by atoms with E-state index in [1.54, 1.807) is 19.1 Å². The monoisotopic (exact) mass is 521 g/mol. The highest BCUT2D eigenvalue weighted by Gasteiger charge is 2.27. The first-order valence-electron chi connectivity index (χ1n) is 11.6. The summed E-state index contributed by atoms with van der Waals surface area (Å²) in [6, 6.07) is 5.91. The molecule has 11 heteroatoms. The minimum Gasteiger partial charge on any atom is -0.480 e. The molecule has 0 aliphatic rings. The maximum absolute atomic E-state index is 13.7. The zero-order chi connectivity index (χ0) is 27.9. The summed E-state index contributed by atoms with van der Waals surface area (Å²) in [7, 11) is 0. The summed E-state index contributed by atoms with van der Waals surface area (Å²) >= 11 is 0. The van der Waals surface area contributed by atoms with E-state index in [1.807, 2.05) is 32.9 Å². The van der Waals surface area contributed by atoms with Gasteiger partial charge in [-0.1, -0.05) is 45.9 Å². The third-order valence-electron chi connectivity index (χ3n) is 5.40. The standard InChI is InChI=1S/C26H30F3N3O5/c1-6-18(20(33)13-37-22-17(28)12-11-16(27)21(22)29)31-23(34)14(2)30-24(35)25(36)32-19-10-8-7-9-15(19)26(3,4)5/h7-12,14,18H,6,13H2,1-5H3,(H,30,35)(H,31,34)(H,32,36). The summed E-state index contributed by atoms with van der Waals surface area (Å²) in [5, 5.41) is 7.18. The van der Waals surface area contributed by atoms with Crippen molar-refractivity contribution in [3.8, 4) is 5.75 Å². The smallest absolute Gasteiger partial charge is 0.313 e. The Bertz CT molecular complexity index is 1180. The minimum absolute atomic E-state index is 0.0901. The third-order valence-corrected chi connectivity index (χ3v) is 5.40. The molecule has 3 N–H and O–H groups in total. The highest BCUT2D eigenvalue weighted by molar-refractivity contribution is 6.40. The average molecular weight is 522 g/mol. The number of carbonyl (C=O) groups excluding carboxylic acids is 4. The fourth-order valence-corrected chi connectivity index (χ4v) is 3.34. The first-order chi connectivity index (χ1) is 17.3. The largest absolute Gasteiger partial charge is 0.480 e. The van der Waals surface area contributed by atoms with E-state index in [0.717, 1.165) is 5.56 Å². The van der Waals surface area contributed by atoms with Crippen LogP contribution in [0.1, 0.15) is 46.6 Å². The van der Waals surface area contributed by atoms with Crippen LogP contribution in [0.2, 0.25) is 0 Å². The van der Waals surface area contributed by atoms with E-state index in [4.69, 9.17) is 4.74 Å². The Morgan fingerprint density at radius 3 is 2.16 bits per heavy atom. The summed E-state index contributed by atoms with van der Waals surface area (Å²) in [5.41, 5.74) is 0.965. The fourth-order valence-electron chi connectivity index (χ4n) is 3.34. The number of anilines is 1. The Hall–Kier alpha value is -3.89. The number of carbonyl (C=O) groups is 4. The van der Waals surface area contributed by atoms with Crippen molar-refractivity contribution in [3.05, 3.63) is 59.4 Å². The number of para-hydroxylation sites is 1. The van der Waals surface area contributed by atoms with Crippen LogP contribution in [0.15, 0.2) is 36.4 Å². The second-order valence-corrected chi connectivity index (χ2v) is 9.34. The van der Waals surface area contributed by atoms with Crippen LogP contribution in [0.3, 0.4) is 0 Å². The van der Waals surface area contributed by atoms with Crippen LogP contribution in [0, 0.1) is 17.5 Å². The van der Waals surface area contributed by atoms with Crippen LogP contribution in [-0.2, 0) is 24.6 Å². The number of Topliss-reactive ketones (excluding diaryl/α,β-unsaturated/α-hetero) is 1. The molecule has 0 radical (unpaired) electrons. The predicted molar refractivity (Wildman–Crippen MR) is 130 cm³/mol. The SMILES string of the molecule is CCC(NC(=O)C(C)NC(=O)C(=O)Nc1ccccc1C(C)(C)C)C(=O)COc1c(F)ccc(F)c1F. The van der Waals surface area contributed by atoms with Gasteiger partial charge in [-0.25, -0.2) is 8.78 Å². The molecule has 2 aromatic carbocycles. The molecule has 0 aromatic heterocycles. The van der Waals surface area contributed by atoms with Crippen molar-refractivity contribution in [2.45, 2.75) is 58.5 Å². The molecular weight excluding hydrogens is 491 g/mol. The molecule has 0 fully saturated rings. The van der Waals surface area contributed by atoms with Gasteiger partial charge in [-0.3, -0.25) is 19.2 Å². The van der Waals surface area contributed by atoms with E-state index in [-0.39, 0.29) is 11.8 Å². The van der Waals surface area contributed by atoms with Gasteiger partial charge in [-0.05, 0) is 42.5 Å². The summed E-state index contributed by atoms with van der Waals surface area (Å²) in [5.74, 6) is -8.73. The molecule has 200 valence electrons. The van der Waals surface area contributed by atoms with Gasteiger partial charge in [-0.15, -0.1) is 0 Å². The lowest BCUT2D eigenvalue weighted by Crippen LogP contribution is -2.52. The molecule has 2 unspecified atom stereocenters. The molecule has 37 heavy (non-hydrogen) atoms. The molecule has 2 rings (SSSR count). The van der Waals surface area contributed by atoms with E-state index in [1.165, 1.54) is 6.92 Å². The molecule has 0 aliphatic heterocycles. The van der Waals surface area contributed by atoms with Crippen LogP contribution < -0.4 is 20.7 Å². The molecule has 8 nitrogen and oxygen atoms in total. The summed E-state index contributed by atoms with van der Waals surface area (Å²) in [4.78, 5) is 49.7. The minimum atomic E-state index is -1.58. The van der Waals surface area contributed by atoms with Crippen LogP contribution in [0.5, 0.6) is 5.75 Å². The zero-order valence-electron chi connectivity index (χ0n) is 21.2. The Morgan fingerprint density at radius 1 is 0.919 bits per heavy atom. The number of benzene rings is 2. The van der Waals surface area contributed by atoms with Crippen LogP contribution in [0.4, 0.5) is 18.9 Å². The number of hydrogen-bond donors (Lipinski definition) is 3. The summed E-state index contributed by atoms with van der Waals surface area (Å²) < 4.78 is 45.5. The fraction of sp³-hybridized carbons (Fsp3) is 0.385. The van der Waals surface area contributed by atoms with E-state index in [9.17, 15) is 32.3 Å². The Kier molecular flexibility index (Phi) is 9.81. The normalized spacial score (nSPS) is 12.8. The lowest BCUT2D eigenvalue weighted by Gasteiger charge is -2.23. The highest BCUT2D eigenvalue weighted by Crippen LogP contribution is 2.29. The number of ketones is 1. The quantitative estimate of drug-likeness (QED) is 0.346. The van der Waals surface area contributed by atoms with Gasteiger partial charge in [0.05, 0.1) is 6.04 Å². The van der Waals surface area contributed by atoms with Gasteiger partial charge in [0, 0.05) is 5.69 Å². The molecular formula is C26H30F3N3O5. The lowest BCUT2D eigenvalue weighted by atomic mass is 9.86. The molecule has 3 amide bonds. The molecule has 0 saturated heterocycles. The second-order valence-electron chi connectivity index (χ2n) is 9.34. The summed E-state index contributed by atoms with van der Waals surface area (Å²) in [6.07, 6.45) is 0.0901. The number of hydrogen-bond acceptors (Lipinski definition) is 5. The molecule has 2 aromatic rings. The first kappa shape index (κ1) is 29.3. The Labute approximate surface area is 213 Å². The zero-order valence-corrected chi connectivity index (χ0v) is 21.2. The van der Waals surface area contributed by atoms with Crippen LogP contribution in [0.25, 0.3) is 0 Å². The van der Waals surface area contributed by atoms with Gasteiger partial charge in [-0.2, -0.15) is 4.39 Å². The van der Waals surface area contributed by atoms with Crippen molar-refractivity contribution in [2.24, 2.45) is 0 Å². The number of nitrogens with one attached hydrogen (secondary N) is 3. The first-order valence-corrected chi connectivity index (χ1v) is 11.6.